The van der Waals surface area contributed by atoms with E-state index in [4.69, 9.17) is 25.8 Å². The standard InChI is InChI=1S/C19H21ClN2O4/c1-13(22(2)9-10-24-16-6-3-14(20)4-7-16)19(23)21-15-5-8-17-18(11-15)26-12-25-17/h3-8,11,13H,9-10,12H2,1-2H3,(H,21,23)/p+1/t13-/m0/s1. The highest BCUT2D eigenvalue weighted by Gasteiger charge is 2.22. The average molecular weight is 378 g/mol. The van der Waals surface area contributed by atoms with E-state index in [1.807, 2.05) is 26.1 Å². The van der Waals surface area contributed by atoms with Gasteiger partial charge in [0.25, 0.3) is 5.91 Å². The van der Waals surface area contributed by atoms with Crippen LogP contribution in [0, 0.1) is 0 Å². The number of fused-ring (bicyclic) bond motifs is 1. The van der Waals surface area contributed by atoms with E-state index in [1.165, 1.54) is 0 Å². The Bertz CT molecular complexity index is 767. The molecule has 7 heteroatoms. The summed E-state index contributed by atoms with van der Waals surface area (Å²) in [4.78, 5) is 13.5. The van der Waals surface area contributed by atoms with Crippen molar-refractivity contribution in [2.24, 2.45) is 0 Å². The second-order valence-electron chi connectivity index (χ2n) is 6.18. The van der Waals surface area contributed by atoms with Crippen LogP contribution in [0.3, 0.4) is 0 Å². The Labute approximate surface area is 157 Å². The summed E-state index contributed by atoms with van der Waals surface area (Å²) in [5.74, 6) is 2.04. The number of amides is 1. The smallest absolute Gasteiger partial charge is 0.282 e. The molecule has 0 aliphatic carbocycles. The maximum atomic E-state index is 12.5. The van der Waals surface area contributed by atoms with Crippen LogP contribution >= 0.6 is 11.6 Å². The van der Waals surface area contributed by atoms with Crippen LogP contribution in [0.5, 0.6) is 17.2 Å². The Morgan fingerprint density at radius 2 is 1.96 bits per heavy atom. The van der Waals surface area contributed by atoms with Gasteiger partial charge in [0.1, 0.15) is 18.9 Å². The highest BCUT2D eigenvalue weighted by atomic mass is 35.5. The summed E-state index contributed by atoms with van der Waals surface area (Å²) in [7, 11) is 1.97. The number of anilines is 1. The molecular formula is C19H22ClN2O4+. The fourth-order valence-electron chi connectivity index (χ4n) is 2.53. The zero-order valence-corrected chi connectivity index (χ0v) is 15.5. The van der Waals surface area contributed by atoms with E-state index in [0.717, 1.165) is 10.6 Å². The molecule has 0 spiro atoms. The van der Waals surface area contributed by atoms with Crippen LogP contribution in [0.2, 0.25) is 5.02 Å². The summed E-state index contributed by atoms with van der Waals surface area (Å²) in [6.45, 7) is 3.30. The Kier molecular flexibility index (Phi) is 5.85. The highest BCUT2D eigenvalue weighted by Crippen LogP contribution is 2.34. The number of likely N-dealkylation sites (N-methyl/N-ethyl adjacent to an activating group) is 1. The number of carbonyl (C=O) groups is 1. The van der Waals surface area contributed by atoms with Gasteiger partial charge in [0.05, 0.1) is 7.05 Å². The van der Waals surface area contributed by atoms with E-state index in [-0.39, 0.29) is 18.7 Å². The summed E-state index contributed by atoms with van der Waals surface area (Å²) in [5, 5.41) is 3.59. The number of carbonyl (C=O) groups excluding carboxylic acids is 1. The van der Waals surface area contributed by atoms with Crippen LogP contribution in [-0.4, -0.2) is 38.9 Å². The highest BCUT2D eigenvalue weighted by molar-refractivity contribution is 6.30. The minimum atomic E-state index is -0.228. The molecule has 1 amide bonds. The lowest BCUT2D eigenvalue weighted by molar-refractivity contribution is -0.894. The van der Waals surface area contributed by atoms with E-state index < -0.39 is 0 Å². The van der Waals surface area contributed by atoms with E-state index in [0.29, 0.717) is 35.4 Å². The molecule has 2 atom stereocenters. The molecule has 3 rings (SSSR count). The van der Waals surface area contributed by atoms with Gasteiger partial charge in [-0.15, -0.1) is 0 Å². The van der Waals surface area contributed by atoms with E-state index in [2.05, 4.69) is 5.32 Å². The monoisotopic (exact) mass is 377 g/mol. The molecule has 138 valence electrons. The molecule has 0 bridgehead atoms. The molecule has 2 N–H and O–H groups in total. The van der Waals surface area contributed by atoms with Crippen LogP contribution in [0.15, 0.2) is 42.5 Å². The van der Waals surface area contributed by atoms with Crippen LogP contribution in [0.25, 0.3) is 0 Å². The van der Waals surface area contributed by atoms with Gasteiger partial charge >= 0.3 is 0 Å². The molecule has 1 aliphatic rings. The number of benzene rings is 2. The first-order valence-corrected chi connectivity index (χ1v) is 8.82. The molecule has 2 aromatic carbocycles. The number of halogens is 1. The second-order valence-corrected chi connectivity index (χ2v) is 6.61. The largest absolute Gasteiger partial charge is 0.488 e. The van der Waals surface area contributed by atoms with Gasteiger partial charge in [-0.1, -0.05) is 11.6 Å². The molecule has 1 aliphatic heterocycles. The first kappa shape index (κ1) is 18.4. The van der Waals surface area contributed by atoms with Crippen LogP contribution < -0.4 is 24.4 Å². The van der Waals surface area contributed by atoms with Crippen LogP contribution in [-0.2, 0) is 4.79 Å². The molecule has 2 aromatic rings. The normalized spacial score (nSPS) is 14.6. The van der Waals surface area contributed by atoms with Crippen LogP contribution in [0.4, 0.5) is 5.69 Å². The minimum Gasteiger partial charge on any atom is -0.488 e. The molecule has 0 fully saturated rings. The Balaban J connectivity index is 1.47. The third-order valence-corrected chi connectivity index (χ3v) is 4.60. The molecule has 1 unspecified atom stereocenters. The summed E-state index contributed by atoms with van der Waals surface area (Å²) < 4.78 is 16.3. The summed E-state index contributed by atoms with van der Waals surface area (Å²) >= 11 is 5.85. The second kappa shape index (κ2) is 8.29. The number of quaternary nitrogens is 1. The van der Waals surface area contributed by atoms with E-state index in [9.17, 15) is 4.79 Å². The van der Waals surface area contributed by atoms with Crippen molar-refractivity contribution in [3.05, 3.63) is 47.5 Å². The molecular weight excluding hydrogens is 356 g/mol. The van der Waals surface area contributed by atoms with Gasteiger partial charge in [0.2, 0.25) is 6.79 Å². The Morgan fingerprint density at radius 3 is 2.73 bits per heavy atom. The maximum Gasteiger partial charge on any atom is 0.282 e. The summed E-state index contributed by atoms with van der Waals surface area (Å²) in [5.41, 5.74) is 0.691. The lowest BCUT2D eigenvalue weighted by atomic mass is 10.2. The molecule has 0 saturated heterocycles. The summed E-state index contributed by atoms with van der Waals surface area (Å²) in [6, 6.07) is 12.4. The van der Waals surface area contributed by atoms with Crippen LogP contribution in [0.1, 0.15) is 6.92 Å². The van der Waals surface area contributed by atoms with Crippen molar-refractivity contribution in [1.82, 2.24) is 0 Å². The number of rotatable bonds is 7. The topological polar surface area (TPSA) is 61.2 Å². The van der Waals surface area contributed by atoms with Gasteiger partial charge in [-0.3, -0.25) is 4.79 Å². The number of ether oxygens (including phenoxy) is 3. The van der Waals surface area contributed by atoms with E-state index in [1.54, 1.807) is 30.3 Å². The van der Waals surface area contributed by atoms with Crippen molar-refractivity contribution >= 4 is 23.2 Å². The molecule has 1 heterocycles. The number of nitrogens with one attached hydrogen (secondary N) is 2. The lowest BCUT2D eigenvalue weighted by Gasteiger charge is -2.21. The van der Waals surface area contributed by atoms with Gasteiger partial charge in [-0.25, -0.2) is 0 Å². The first-order chi connectivity index (χ1) is 12.5. The zero-order chi connectivity index (χ0) is 18.5. The fraction of sp³-hybridized carbons (Fsp3) is 0.316. The Morgan fingerprint density at radius 1 is 1.23 bits per heavy atom. The van der Waals surface area contributed by atoms with Gasteiger partial charge in [0, 0.05) is 16.8 Å². The van der Waals surface area contributed by atoms with Gasteiger partial charge in [-0.05, 0) is 43.3 Å². The molecule has 6 nitrogen and oxygen atoms in total. The first-order valence-electron chi connectivity index (χ1n) is 8.44. The van der Waals surface area contributed by atoms with Crippen molar-refractivity contribution in [3.8, 4) is 17.2 Å². The lowest BCUT2D eigenvalue weighted by Crippen LogP contribution is -3.14. The van der Waals surface area contributed by atoms with Gasteiger partial charge in [0.15, 0.2) is 17.5 Å². The van der Waals surface area contributed by atoms with E-state index >= 15 is 0 Å². The van der Waals surface area contributed by atoms with Crippen molar-refractivity contribution in [2.75, 3.05) is 32.3 Å². The van der Waals surface area contributed by atoms with Crippen molar-refractivity contribution < 1.29 is 23.9 Å². The minimum absolute atomic E-state index is 0.0622. The SMILES string of the molecule is C[C@@H](C(=O)Nc1ccc2c(c1)OCO2)[NH+](C)CCOc1ccc(Cl)cc1. The van der Waals surface area contributed by atoms with Crippen molar-refractivity contribution in [3.63, 3.8) is 0 Å². The van der Waals surface area contributed by atoms with Crippen molar-refractivity contribution in [2.45, 2.75) is 13.0 Å². The fourth-order valence-corrected chi connectivity index (χ4v) is 2.65. The molecule has 0 aromatic heterocycles. The Hall–Kier alpha value is -2.44. The van der Waals surface area contributed by atoms with Gasteiger partial charge in [-0.2, -0.15) is 0 Å². The predicted molar refractivity (Wildman–Crippen MR) is 99.4 cm³/mol. The maximum absolute atomic E-state index is 12.5. The molecule has 26 heavy (non-hydrogen) atoms. The predicted octanol–water partition coefficient (Wildman–Crippen LogP) is 1.99. The number of hydrogen-bond acceptors (Lipinski definition) is 4. The quantitative estimate of drug-likeness (QED) is 0.774. The molecule has 0 saturated carbocycles. The molecule has 0 radical (unpaired) electrons. The van der Waals surface area contributed by atoms with Gasteiger partial charge < -0.3 is 24.4 Å². The third-order valence-electron chi connectivity index (χ3n) is 4.35. The third kappa shape index (κ3) is 4.59. The number of hydrogen-bond donors (Lipinski definition) is 2. The average Bonchev–Trinajstić information content (AvgIpc) is 3.10. The van der Waals surface area contributed by atoms with Crippen molar-refractivity contribution in [1.29, 1.82) is 0 Å². The zero-order valence-electron chi connectivity index (χ0n) is 14.8. The summed E-state index contributed by atoms with van der Waals surface area (Å²) in [6.07, 6.45) is 0.